The minimum absolute atomic E-state index is 0.0700. The van der Waals surface area contributed by atoms with Gasteiger partial charge in [-0.3, -0.25) is 9.58 Å². The van der Waals surface area contributed by atoms with Crippen molar-refractivity contribution in [2.24, 2.45) is 0 Å². The minimum Gasteiger partial charge on any atom is -0.485 e. The Labute approximate surface area is 181 Å². The summed E-state index contributed by atoms with van der Waals surface area (Å²) in [6, 6.07) is 1.93. The number of hydrogen-bond donors (Lipinski definition) is 2. The third-order valence-electron chi connectivity index (χ3n) is 4.95. The standard InChI is InChI=1S/C20H21F4N7O/c21-15-9-16(22)19(24)14(18(15)23)12-32-13-10-26-20(27-11-13)28-17-1-4-31(29-17)8-7-30-5-2-25-3-6-30/h1,4,9-11,25H,2-3,5-8,12H2,(H,26,27,28,29). The van der Waals surface area contributed by atoms with E-state index in [0.29, 0.717) is 5.82 Å². The highest BCUT2D eigenvalue weighted by Gasteiger charge is 2.19. The van der Waals surface area contributed by atoms with Gasteiger partial charge < -0.3 is 15.4 Å². The van der Waals surface area contributed by atoms with Gasteiger partial charge in [0.2, 0.25) is 5.95 Å². The van der Waals surface area contributed by atoms with E-state index in [4.69, 9.17) is 4.74 Å². The molecule has 1 aliphatic rings. The van der Waals surface area contributed by atoms with Gasteiger partial charge in [0.1, 0.15) is 6.61 Å². The van der Waals surface area contributed by atoms with Crippen LogP contribution in [-0.2, 0) is 13.2 Å². The number of nitrogens with one attached hydrogen (secondary N) is 2. The van der Waals surface area contributed by atoms with Gasteiger partial charge in [-0.25, -0.2) is 27.5 Å². The summed E-state index contributed by atoms with van der Waals surface area (Å²) < 4.78 is 60.9. The molecule has 170 valence electrons. The van der Waals surface area contributed by atoms with E-state index in [1.54, 1.807) is 6.07 Å². The van der Waals surface area contributed by atoms with Crippen molar-refractivity contribution < 1.29 is 22.3 Å². The van der Waals surface area contributed by atoms with Gasteiger partial charge in [-0.1, -0.05) is 0 Å². The molecule has 0 bridgehead atoms. The summed E-state index contributed by atoms with van der Waals surface area (Å²) in [6.45, 7) is 4.95. The second kappa shape index (κ2) is 9.92. The van der Waals surface area contributed by atoms with Crippen LogP contribution in [0, 0.1) is 23.3 Å². The molecule has 0 spiro atoms. The van der Waals surface area contributed by atoms with E-state index in [2.05, 4.69) is 30.6 Å². The summed E-state index contributed by atoms with van der Waals surface area (Å²) >= 11 is 0. The predicted molar refractivity (Wildman–Crippen MR) is 107 cm³/mol. The van der Waals surface area contributed by atoms with Crippen molar-refractivity contribution in [1.29, 1.82) is 0 Å². The first-order chi connectivity index (χ1) is 15.5. The second-order valence-electron chi connectivity index (χ2n) is 7.16. The van der Waals surface area contributed by atoms with Crippen LogP contribution in [0.15, 0.2) is 30.7 Å². The lowest BCUT2D eigenvalue weighted by Gasteiger charge is -2.26. The van der Waals surface area contributed by atoms with Crippen LogP contribution in [0.4, 0.5) is 29.3 Å². The zero-order valence-electron chi connectivity index (χ0n) is 17.0. The van der Waals surface area contributed by atoms with Crippen LogP contribution >= 0.6 is 0 Å². The summed E-state index contributed by atoms with van der Waals surface area (Å²) in [5.74, 6) is -5.14. The van der Waals surface area contributed by atoms with Crippen LogP contribution < -0.4 is 15.4 Å². The normalized spacial score (nSPS) is 14.5. The van der Waals surface area contributed by atoms with Crippen molar-refractivity contribution in [2.45, 2.75) is 13.2 Å². The summed E-state index contributed by atoms with van der Waals surface area (Å²) in [5.41, 5.74) is -0.851. The number of hydrogen-bond acceptors (Lipinski definition) is 7. The molecule has 3 heterocycles. The van der Waals surface area contributed by atoms with Crippen LogP contribution in [0.1, 0.15) is 5.56 Å². The molecular weight excluding hydrogens is 430 g/mol. The SMILES string of the molecule is Fc1cc(F)c(F)c(COc2cnc(Nc3ccn(CCN4CCNCC4)n3)nc2)c1F. The molecule has 3 aromatic rings. The molecule has 1 saturated heterocycles. The van der Waals surface area contributed by atoms with Crippen molar-refractivity contribution in [1.82, 2.24) is 30.0 Å². The van der Waals surface area contributed by atoms with Gasteiger partial charge in [0.05, 0.1) is 24.5 Å². The van der Waals surface area contributed by atoms with Crippen molar-refractivity contribution in [3.63, 3.8) is 0 Å². The number of piperazine rings is 1. The van der Waals surface area contributed by atoms with Crippen LogP contribution in [0.2, 0.25) is 0 Å². The Balaban J connectivity index is 1.30. The number of anilines is 2. The smallest absolute Gasteiger partial charge is 0.228 e. The van der Waals surface area contributed by atoms with Gasteiger partial charge in [-0.15, -0.1) is 0 Å². The largest absolute Gasteiger partial charge is 0.485 e. The van der Waals surface area contributed by atoms with E-state index in [1.807, 2.05) is 10.9 Å². The van der Waals surface area contributed by atoms with Crippen molar-refractivity contribution in [3.8, 4) is 5.75 Å². The highest BCUT2D eigenvalue weighted by Crippen LogP contribution is 2.21. The average Bonchev–Trinajstić information content (AvgIpc) is 3.25. The van der Waals surface area contributed by atoms with Gasteiger partial charge >= 0.3 is 0 Å². The first kappa shape index (κ1) is 22.0. The van der Waals surface area contributed by atoms with E-state index < -0.39 is 35.4 Å². The lowest BCUT2D eigenvalue weighted by atomic mass is 10.2. The zero-order valence-corrected chi connectivity index (χ0v) is 17.0. The van der Waals surface area contributed by atoms with Crippen molar-refractivity contribution >= 4 is 11.8 Å². The maximum atomic E-state index is 13.7. The minimum atomic E-state index is -1.50. The first-order valence-corrected chi connectivity index (χ1v) is 10.00. The first-order valence-electron chi connectivity index (χ1n) is 10.00. The molecule has 0 saturated carbocycles. The van der Waals surface area contributed by atoms with Gasteiger partial charge in [0.15, 0.2) is 34.8 Å². The molecule has 0 atom stereocenters. The zero-order chi connectivity index (χ0) is 22.5. The Kier molecular flexibility index (Phi) is 6.81. The molecular formula is C20H21F4N7O. The number of aromatic nitrogens is 4. The van der Waals surface area contributed by atoms with Crippen LogP contribution in [0.3, 0.4) is 0 Å². The molecule has 0 radical (unpaired) electrons. The molecule has 8 nitrogen and oxygen atoms in total. The Hall–Kier alpha value is -3.25. The fourth-order valence-electron chi connectivity index (χ4n) is 3.21. The van der Waals surface area contributed by atoms with Gasteiger partial charge in [0, 0.05) is 51.1 Å². The monoisotopic (exact) mass is 451 g/mol. The Morgan fingerprint density at radius 2 is 1.69 bits per heavy atom. The number of rotatable bonds is 8. The lowest BCUT2D eigenvalue weighted by Crippen LogP contribution is -2.44. The van der Waals surface area contributed by atoms with Gasteiger partial charge in [-0.2, -0.15) is 5.10 Å². The van der Waals surface area contributed by atoms with Crippen LogP contribution in [-0.4, -0.2) is 57.4 Å². The quantitative estimate of drug-likeness (QED) is 0.402. The maximum Gasteiger partial charge on any atom is 0.228 e. The molecule has 12 heteroatoms. The molecule has 1 fully saturated rings. The maximum absolute atomic E-state index is 13.7. The number of benzene rings is 1. The average molecular weight is 451 g/mol. The molecule has 2 N–H and O–H groups in total. The fraction of sp³-hybridized carbons (Fsp3) is 0.350. The van der Waals surface area contributed by atoms with Crippen LogP contribution in [0.5, 0.6) is 5.75 Å². The highest BCUT2D eigenvalue weighted by molar-refractivity contribution is 5.46. The number of halogens is 4. The molecule has 2 aromatic heterocycles. The highest BCUT2D eigenvalue weighted by atomic mass is 19.2. The number of ether oxygens (including phenoxy) is 1. The van der Waals surface area contributed by atoms with E-state index in [0.717, 1.165) is 39.3 Å². The second-order valence-corrected chi connectivity index (χ2v) is 7.16. The van der Waals surface area contributed by atoms with Gasteiger partial charge in [0.25, 0.3) is 0 Å². The van der Waals surface area contributed by atoms with E-state index in [1.165, 1.54) is 12.4 Å². The van der Waals surface area contributed by atoms with E-state index >= 15 is 0 Å². The summed E-state index contributed by atoms with van der Waals surface area (Å²) in [6.07, 6.45) is 4.38. The summed E-state index contributed by atoms with van der Waals surface area (Å²) in [7, 11) is 0. The molecule has 4 rings (SSSR count). The number of nitrogens with zero attached hydrogens (tertiary/aromatic N) is 5. The van der Waals surface area contributed by atoms with Crippen LogP contribution in [0.25, 0.3) is 0 Å². The topological polar surface area (TPSA) is 80.1 Å². The van der Waals surface area contributed by atoms with Crippen molar-refractivity contribution in [3.05, 3.63) is 59.6 Å². The summed E-state index contributed by atoms with van der Waals surface area (Å²) in [4.78, 5) is 10.5. The van der Waals surface area contributed by atoms with Gasteiger partial charge in [-0.05, 0) is 0 Å². The van der Waals surface area contributed by atoms with E-state index in [-0.39, 0.29) is 17.8 Å². The molecule has 32 heavy (non-hydrogen) atoms. The van der Waals surface area contributed by atoms with Crippen molar-refractivity contribution in [2.75, 3.05) is 38.0 Å². The predicted octanol–water partition coefficient (Wildman–Crippen LogP) is 2.46. The summed E-state index contributed by atoms with van der Waals surface area (Å²) in [5, 5.41) is 10.7. The Bertz CT molecular complexity index is 1030. The fourth-order valence-corrected chi connectivity index (χ4v) is 3.21. The Morgan fingerprint density at radius 1 is 1.00 bits per heavy atom. The molecule has 0 aliphatic carbocycles. The van der Waals surface area contributed by atoms with E-state index in [9.17, 15) is 17.6 Å². The molecule has 0 amide bonds. The lowest BCUT2D eigenvalue weighted by molar-refractivity contribution is 0.229. The molecule has 0 unspecified atom stereocenters. The molecule has 1 aromatic carbocycles. The third kappa shape index (κ3) is 5.32. The molecule has 1 aliphatic heterocycles. The Morgan fingerprint density at radius 3 is 2.38 bits per heavy atom. The third-order valence-corrected chi connectivity index (χ3v) is 4.95.